The van der Waals surface area contributed by atoms with Crippen LogP contribution in [0, 0.1) is 11.6 Å². The van der Waals surface area contributed by atoms with Crippen molar-refractivity contribution in [3.05, 3.63) is 77.2 Å². The fourth-order valence-electron chi connectivity index (χ4n) is 2.39. The van der Waals surface area contributed by atoms with Gasteiger partial charge in [-0.1, -0.05) is 36.4 Å². The maximum absolute atomic E-state index is 13.5. The molecule has 0 fully saturated rings. The summed E-state index contributed by atoms with van der Waals surface area (Å²) in [6, 6.07) is 13.8. The molecule has 1 aromatic heterocycles. The molecule has 0 bridgehead atoms. The van der Waals surface area contributed by atoms with Crippen molar-refractivity contribution in [2.75, 3.05) is 11.9 Å². The average molecular weight is 374 g/mol. The summed E-state index contributed by atoms with van der Waals surface area (Å²) in [7, 11) is 0. The fraction of sp³-hybridized carbons (Fsp3) is 0.105. The monoisotopic (exact) mass is 374 g/mol. The number of urea groups is 1. The van der Waals surface area contributed by atoms with Crippen LogP contribution in [0.25, 0.3) is 10.4 Å². The number of rotatable bonds is 5. The van der Waals surface area contributed by atoms with E-state index in [4.69, 9.17) is 0 Å². The lowest BCUT2D eigenvalue weighted by Gasteiger charge is -2.14. The number of hydrogen-bond acceptors (Lipinski definition) is 3. The summed E-state index contributed by atoms with van der Waals surface area (Å²) in [5.74, 6) is -1.74. The minimum atomic E-state index is -0.941. The highest BCUT2D eigenvalue weighted by atomic mass is 32.1. The zero-order chi connectivity index (χ0) is 18.5. The molecule has 3 N–H and O–H groups in total. The molecular formula is C19H16F2N2O2S. The predicted molar refractivity (Wildman–Crippen MR) is 98.1 cm³/mol. The van der Waals surface area contributed by atoms with Crippen molar-refractivity contribution in [2.45, 2.75) is 6.10 Å². The lowest BCUT2D eigenvalue weighted by Crippen LogP contribution is -2.33. The van der Waals surface area contributed by atoms with E-state index in [1.165, 1.54) is 6.07 Å². The molecule has 4 nitrogen and oxygen atoms in total. The van der Waals surface area contributed by atoms with Crippen LogP contribution in [-0.2, 0) is 0 Å². The van der Waals surface area contributed by atoms with Crippen LogP contribution in [0.1, 0.15) is 11.7 Å². The molecule has 0 radical (unpaired) electrons. The van der Waals surface area contributed by atoms with Crippen LogP contribution in [0.4, 0.5) is 19.3 Å². The molecule has 134 valence electrons. The summed E-state index contributed by atoms with van der Waals surface area (Å²) in [6.07, 6.45) is -0.941. The highest BCUT2D eigenvalue weighted by Gasteiger charge is 2.14. The molecule has 0 saturated carbocycles. The van der Waals surface area contributed by atoms with E-state index in [0.29, 0.717) is 5.56 Å². The second kappa shape index (κ2) is 8.07. The van der Waals surface area contributed by atoms with Gasteiger partial charge >= 0.3 is 6.03 Å². The van der Waals surface area contributed by atoms with Gasteiger partial charge in [0, 0.05) is 11.4 Å². The predicted octanol–water partition coefficient (Wildman–Crippen LogP) is 4.55. The fourth-order valence-corrected chi connectivity index (χ4v) is 3.13. The van der Waals surface area contributed by atoms with E-state index in [1.54, 1.807) is 23.5 Å². The van der Waals surface area contributed by atoms with Crippen molar-refractivity contribution < 1.29 is 18.7 Å². The summed E-state index contributed by atoms with van der Waals surface area (Å²) in [6.45, 7) is -0.0970. The third-order valence-electron chi connectivity index (χ3n) is 3.76. The van der Waals surface area contributed by atoms with Gasteiger partial charge < -0.3 is 15.7 Å². The van der Waals surface area contributed by atoms with Gasteiger partial charge in [0.2, 0.25) is 0 Å². The second-order valence-electron chi connectivity index (χ2n) is 5.55. The molecule has 1 atom stereocenters. The third kappa shape index (κ3) is 4.25. The Morgan fingerprint density at radius 1 is 1.04 bits per heavy atom. The van der Waals surface area contributed by atoms with Crippen LogP contribution in [-0.4, -0.2) is 17.7 Å². The Hall–Kier alpha value is -2.77. The minimum absolute atomic E-state index is 0.0970. The van der Waals surface area contributed by atoms with E-state index in [0.717, 1.165) is 22.6 Å². The van der Waals surface area contributed by atoms with Gasteiger partial charge in [0.05, 0.1) is 6.10 Å². The van der Waals surface area contributed by atoms with E-state index in [-0.39, 0.29) is 6.54 Å². The minimum Gasteiger partial charge on any atom is -0.387 e. The number of aliphatic hydroxyl groups excluding tert-OH is 1. The van der Waals surface area contributed by atoms with E-state index in [1.807, 2.05) is 29.6 Å². The van der Waals surface area contributed by atoms with E-state index < -0.39 is 29.5 Å². The van der Waals surface area contributed by atoms with Crippen LogP contribution in [0.2, 0.25) is 0 Å². The van der Waals surface area contributed by atoms with Gasteiger partial charge in [-0.3, -0.25) is 0 Å². The largest absolute Gasteiger partial charge is 0.387 e. The first-order valence-corrected chi connectivity index (χ1v) is 8.73. The van der Waals surface area contributed by atoms with Gasteiger partial charge in [-0.05, 0) is 34.7 Å². The van der Waals surface area contributed by atoms with Crippen molar-refractivity contribution in [2.24, 2.45) is 0 Å². The summed E-state index contributed by atoms with van der Waals surface area (Å²) >= 11 is 1.62. The lowest BCUT2D eigenvalue weighted by atomic mass is 10.1. The summed E-state index contributed by atoms with van der Waals surface area (Å²) < 4.78 is 27.0. The van der Waals surface area contributed by atoms with Crippen molar-refractivity contribution in [3.8, 4) is 10.4 Å². The van der Waals surface area contributed by atoms with Gasteiger partial charge in [0.1, 0.15) is 17.3 Å². The van der Waals surface area contributed by atoms with Gasteiger partial charge in [-0.2, -0.15) is 0 Å². The molecule has 3 aromatic rings. The number of halogens is 2. The maximum Gasteiger partial charge on any atom is 0.319 e. The summed E-state index contributed by atoms with van der Waals surface area (Å²) in [4.78, 5) is 12.9. The van der Waals surface area contributed by atoms with Crippen molar-refractivity contribution >= 4 is 23.1 Å². The highest BCUT2D eigenvalue weighted by Crippen LogP contribution is 2.26. The topological polar surface area (TPSA) is 61.4 Å². The molecule has 0 aliphatic heterocycles. The van der Waals surface area contributed by atoms with E-state index >= 15 is 0 Å². The molecule has 3 rings (SSSR count). The summed E-state index contributed by atoms with van der Waals surface area (Å²) in [5.41, 5.74) is 1.14. The Kier molecular flexibility index (Phi) is 5.60. The highest BCUT2D eigenvalue weighted by molar-refractivity contribution is 7.13. The molecule has 0 saturated heterocycles. The van der Waals surface area contributed by atoms with E-state index in [2.05, 4.69) is 10.6 Å². The molecular weight excluding hydrogens is 358 g/mol. The quantitative estimate of drug-likeness (QED) is 0.614. The number of nitrogens with one attached hydrogen (secondary N) is 2. The maximum atomic E-state index is 13.5. The van der Waals surface area contributed by atoms with Crippen LogP contribution in [0.5, 0.6) is 0 Å². The Morgan fingerprint density at radius 2 is 1.73 bits per heavy atom. The van der Waals surface area contributed by atoms with Gasteiger partial charge in [-0.15, -0.1) is 11.3 Å². The van der Waals surface area contributed by atoms with Gasteiger partial charge in [0.15, 0.2) is 0 Å². The van der Waals surface area contributed by atoms with Gasteiger partial charge in [-0.25, -0.2) is 13.6 Å². The first kappa shape index (κ1) is 18.0. The second-order valence-corrected chi connectivity index (χ2v) is 6.49. The molecule has 26 heavy (non-hydrogen) atoms. The molecule has 1 unspecified atom stereocenters. The Balaban J connectivity index is 1.56. The van der Waals surface area contributed by atoms with E-state index in [9.17, 15) is 18.7 Å². The number of hydrogen-bond donors (Lipinski definition) is 3. The average Bonchev–Trinajstić information content (AvgIpc) is 3.18. The number of carbonyl (C=O) groups excluding carboxylic acids is 1. The first-order valence-electron chi connectivity index (χ1n) is 7.85. The van der Waals surface area contributed by atoms with Crippen molar-refractivity contribution in [1.29, 1.82) is 0 Å². The molecule has 2 aromatic carbocycles. The third-order valence-corrected chi connectivity index (χ3v) is 4.68. The Labute approximate surface area is 153 Å². The van der Waals surface area contributed by atoms with Gasteiger partial charge in [0.25, 0.3) is 0 Å². The van der Waals surface area contributed by atoms with Crippen LogP contribution < -0.4 is 10.6 Å². The smallest absolute Gasteiger partial charge is 0.319 e. The number of thiophene rings is 1. The van der Waals surface area contributed by atoms with Crippen molar-refractivity contribution in [1.82, 2.24) is 5.32 Å². The van der Waals surface area contributed by atoms with Crippen molar-refractivity contribution in [3.63, 3.8) is 0 Å². The zero-order valence-electron chi connectivity index (χ0n) is 13.6. The zero-order valence-corrected chi connectivity index (χ0v) is 14.4. The number of carbonyl (C=O) groups is 1. The SMILES string of the molecule is O=C(NCC(O)c1ccc(-c2cccs2)cc1)Nc1c(F)cccc1F. The Morgan fingerprint density at radius 3 is 2.35 bits per heavy atom. The normalized spacial score (nSPS) is 11.8. The molecule has 0 aliphatic rings. The first-order chi connectivity index (χ1) is 12.5. The molecule has 0 spiro atoms. The van der Waals surface area contributed by atoms with Crippen LogP contribution in [0.15, 0.2) is 60.0 Å². The summed E-state index contributed by atoms with van der Waals surface area (Å²) in [5, 5.41) is 16.7. The number of para-hydroxylation sites is 1. The molecule has 1 heterocycles. The molecule has 0 aliphatic carbocycles. The number of aliphatic hydroxyl groups is 1. The number of benzene rings is 2. The Bertz CT molecular complexity index is 863. The number of amides is 2. The lowest BCUT2D eigenvalue weighted by molar-refractivity contribution is 0.175. The van der Waals surface area contributed by atoms with Crippen LogP contribution in [0.3, 0.4) is 0 Å². The molecule has 2 amide bonds. The van der Waals surface area contributed by atoms with Crippen LogP contribution >= 0.6 is 11.3 Å². The molecule has 7 heteroatoms. The number of anilines is 1. The standard InChI is InChI=1S/C19H16F2N2O2S/c20-14-3-1-4-15(21)18(14)23-19(25)22-11-16(24)12-6-8-13(9-7-12)17-5-2-10-26-17/h1-10,16,24H,11H2,(H2,22,23,25).